The van der Waals surface area contributed by atoms with Crippen molar-refractivity contribution >= 4 is 28.9 Å². The van der Waals surface area contributed by atoms with E-state index in [4.69, 9.17) is 0 Å². The standard InChI is InChI=1S/C17H13N3O3S/c1-10-3-2-4-11(7-10)16(21)20-13-9-24-15(14(13)17(22)23)12-8-18-5-6-19-12/h2-9H,1H3,(H,20,21)(H,22,23). The molecule has 1 aromatic carbocycles. The summed E-state index contributed by atoms with van der Waals surface area (Å²) in [5.74, 6) is -1.49. The lowest BCUT2D eigenvalue weighted by atomic mass is 10.1. The largest absolute Gasteiger partial charge is 0.478 e. The van der Waals surface area contributed by atoms with Crippen molar-refractivity contribution in [2.45, 2.75) is 6.92 Å². The van der Waals surface area contributed by atoms with E-state index in [0.29, 0.717) is 16.1 Å². The Balaban J connectivity index is 1.96. The molecular weight excluding hydrogens is 326 g/mol. The molecule has 2 N–H and O–H groups in total. The topological polar surface area (TPSA) is 92.2 Å². The number of rotatable bonds is 4. The Hall–Kier alpha value is -3.06. The van der Waals surface area contributed by atoms with E-state index in [-0.39, 0.29) is 17.2 Å². The van der Waals surface area contributed by atoms with Gasteiger partial charge in [-0.15, -0.1) is 11.3 Å². The summed E-state index contributed by atoms with van der Waals surface area (Å²) < 4.78 is 0. The van der Waals surface area contributed by atoms with Gasteiger partial charge in [-0.05, 0) is 19.1 Å². The molecular formula is C17H13N3O3S. The summed E-state index contributed by atoms with van der Waals surface area (Å²) in [7, 11) is 0. The lowest BCUT2D eigenvalue weighted by Crippen LogP contribution is -2.14. The molecule has 2 heterocycles. The molecule has 0 atom stereocenters. The predicted molar refractivity (Wildman–Crippen MR) is 91.4 cm³/mol. The van der Waals surface area contributed by atoms with Crippen molar-refractivity contribution in [1.29, 1.82) is 0 Å². The molecule has 1 amide bonds. The van der Waals surface area contributed by atoms with Crippen LogP contribution in [0.4, 0.5) is 5.69 Å². The van der Waals surface area contributed by atoms with E-state index in [0.717, 1.165) is 5.56 Å². The minimum absolute atomic E-state index is 0.0153. The van der Waals surface area contributed by atoms with Crippen LogP contribution in [0, 0.1) is 6.92 Å². The lowest BCUT2D eigenvalue weighted by Gasteiger charge is -2.06. The maximum Gasteiger partial charge on any atom is 0.339 e. The number of carboxylic acids is 1. The second kappa shape index (κ2) is 6.59. The molecule has 0 aliphatic rings. The molecule has 0 saturated carbocycles. The third-order valence-corrected chi connectivity index (χ3v) is 4.33. The molecule has 0 unspecified atom stereocenters. The zero-order valence-electron chi connectivity index (χ0n) is 12.7. The first-order valence-corrected chi connectivity index (χ1v) is 7.93. The molecule has 0 spiro atoms. The van der Waals surface area contributed by atoms with Crippen LogP contribution in [-0.2, 0) is 0 Å². The maximum absolute atomic E-state index is 12.4. The highest BCUT2D eigenvalue weighted by Gasteiger charge is 2.22. The summed E-state index contributed by atoms with van der Waals surface area (Å²) in [6, 6.07) is 7.08. The fraction of sp³-hybridized carbons (Fsp3) is 0.0588. The monoisotopic (exact) mass is 339 g/mol. The van der Waals surface area contributed by atoms with Gasteiger partial charge in [-0.1, -0.05) is 17.7 Å². The fourth-order valence-corrected chi connectivity index (χ4v) is 3.20. The molecule has 0 radical (unpaired) electrons. The number of hydrogen-bond acceptors (Lipinski definition) is 5. The highest BCUT2D eigenvalue weighted by atomic mass is 32.1. The highest BCUT2D eigenvalue weighted by molar-refractivity contribution is 7.14. The number of nitrogens with zero attached hydrogens (tertiary/aromatic N) is 2. The van der Waals surface area contributed by atoms with Crippen molar-refractivity contribution in [2.75, 3.05) is 5.32 Å². The van der Waals surface area contributed by atoms with Crippen molar-refractivity contribution in [2.24, 2.45) is 0 Å². The Kier molecular flexibility index (Phi) is 4.35. The SMILES string of the molecule is Cc1cccc(C(=O)Nc2csc(-c3cnccn3)c2C(=O)O)c1. The van der Waals surface area contributed by atoms with Gasteiger partial charge in [0, 0.05) is 23.3 Å². The number of carboxylic acid groups (broad SMARTS) is 1. The van der Waals surface area contributed by atoms with Gasteiger partial charge in [0.25, 0.3) is 5.91 Å². The number of nitrogens with one attached hydrogen (secondary N) is 1. The van der Waals surface area contributed by atoms with Crippen molar-refractivity contribution in [1.82, 2.24) is 9.97 Å². The van der Waals surface area contributed by atoms with Gasteiger partial charge in [0.05, 0.1) is 22.5 Å². The average Bonchev–Trinajstić information content (AvgIpc) is 2.99. The van der Waals surface area contributed by atoms with E-state index in [1.807, 2.05) is 13.0 Å². The van der Waals surface area contributed by atoms with Crippen LogP contribution < -0.4 is 5.32 Å². The molecule has 0 fully saturated rings. The van der Waals surface area contributed by atoms with E-state index >= 15 is 0 Å². The molecule has 7 heteroatoms. The minimum Gasteiger partial charge on any atom is -0.478 e. The molecule has 2 aromatic heterocycles. The van der Waals surface area contributed by atoms with Crippen LogP contribution in [0.3, 0.4) is 0 Å². The van der Waals surface area contributed by atoms with Gasteiger partial charge in [-0.25, -0.2) is 4.79 Å². The number of aromatic nitrogens is 2. The minimum atomic E-state index is -1.13. The van der Waals surface area contributed by atoms with Crippen LogP contribution in [-0.4, -0.2) is 27.0 Å². The van der Waals surface area contributed by atoms with Crippen LogP contribution >= 0.6 is 11.3 Å². The Labute approximate surface area is 141 Å². The summed E-state index contributed by atoms with van der Waals surface area (Å²) in [5, 5.41) is 13.8. The average molecular weight is 339 g/mol. The van der Waals surface area contributed by atoms with E-state index < -0.39 is 5.97 Å². The molecule has 24 heavy (non-hydrogen) atoms. The Morgan fingerprint density at radius 2 is 2.08 bits per heavy atom. The normalized spacial score (nSPS) is 10.4. The number of anilines is 1. The third-order valence-electron chi connectivity index (χ3n) is 3.33. The van der Waals surface area contributed by atoms with Crippen LogP contribution in [0.2, 0.25) is 0 Å². The molecule has 0 aliphatic heterocycles. The number of thiophene rings is 1. The second-order valence-electron chi connectivity index (χ2n) is 5.07. The number of carbonyl (C=O) groups excluding carboxylic acids is 1. The molecule has 0 bridgehead atoms. The van der Waals surface area contributed by atoms with Crippen molar-refractivity contribution < 1.29 is 14.7 Å². The first kappa shape index (κ1) is 15.8. The van der Waals surface area contributed by atoms with Crippen LogP contribution in [0.5, 0.6) is 0 Å². The summed E-state index contributed by atoms with van der Waals surface area (Å²) in [6.45, 7) is 1.89. The Morgan fingerprint density at radius 1 is 1.25 bits per heavy atom. The third kappa shape index (κ3) is 3.16. The molecule has 6 nitrogen and oxygen atoms in total. The van der Waals surface area contributed by atoms with Crippen molar-refractivity contribution in [3.05, 3.63) is 64.9 Å². The predicted octanol–water partition coefficient (Wildman–Crippen LogP) is 3.46. The maximum atomic E-state index is 12.4. The number of aryl methyl sites for hydroxylation is 1. The van der Waals surface area contributed by atoms with Crippen molar-refractivity contribution in [3.8, 4) is 10.6 Å². The second-order valence-corrected chi connectivity index (χ2v) is 5.95. The van der Waals surface area contributed by atoms with Crippen molar-refractivity contribution in [3.63, 3.8) is 0 Å². The first-order valence-electron chi connectivity index (χ1n) is 7.05. The molecule has 3 rings (SSSR count). The van der Waals surface area contributed by atoms with E-state index in [1.165, 1.54) is 29.9 Å². The number of benzene rings is 1. The van der Waals surface area contributed by atoms with Gasteiger partial charge < -0.3 is 10.4 Å². The zero-order valence-corrected chi connectivity index (χ0v) is 13.5. The van der Waals surface area contributed by atoms with E-state index in [9.17, 15) is 14.7 Å². The summed E-state index contributed by atoms with van der Waals surface area (Å²) in [5.41, 5.74) is 2.14. The fourth-order valence-electron chi connectivity index (χ4n) is 2.25. The van der Waals surface area contributed by atoms with Crippen LogP contribution in [0.1, 0.15) is 26.3 Å². The van der Waals surface area contributed by atoms with Crippen LogP contribution in [0.15, 0.2) is 48.2 Å². The lowest BCUT2D eigenvalue weighted by molar-refractivity contribution is 0.0699. The summed E-state index contributed by atoms with van der Waals surface area (Å²) >= 11 is 1.20. The Bertz CT molecular complexity index is 906. The van der Waals surface area contributed by atoms with Gasteiger partial charge >= 0.3 is 5.97 Å². The van der Waals surface area contributed by atoms with E-state index in [2.05, 4.69) is 15.3 Å². The van der Waals surface area contributed by atoms with E-state index in [1.54, 1.807) is 23.6 Å². The molecule has 0 aliphatic carbocycles. The highest BCUT2D eigenvalue weighted by Crippen LogP contribution is 2.35. The number of amides is 1. The summed E-state index contributed by atoms with van der Waals surface area (Å²) in [4.78, 5) is 32.5. The molecule has 3 aromatic rings. The van der Waals surface area contributed by atoms with Gasteiger partial charge in [0.15, 0.2) is 0 Å². The number of aromatic carboxylic acids is 1. The first-order chi connectivity index (χ1) is 11.6. The smallest absolute Gasteiger partial charge is 0.339 e. The Morgan fingerprint density at radius 3 is 2.75 bits per heavy atom. The number of hydrogen-bond donors (Lipinski definition) is 2. The molecule has 120 valence electrons. The quantitative estimate of drug-likeness (QED) is 0.759. The van der Waals surface area contributed by atoms with Gasteiger partial charge in [0.1, 0.15) is 5.56 Å². The van der Waals surface area contributed by atoms with Gasteiger partial charge in [-0.3, -0.25) is 14.8 Å². The van der Waals surface area contributed by atoms with Gasteiger partial charge in [-0.2, -0.15) is 0 Å². The summed E-state index contributed by atoms with van der Waals surface area (Å²) in [6.07, 6.45) is 4.49. The zero-order chi connectivity index (χ0) is 17.1. The van der Waals surface area contributed by atoms with Gasteiger partial charge in [0.2, 0.25) is 0 Å². The molecule has 0 saturated heterocycles. The van der Waals surface area contributed by atoms with Crippen LogP contribution in [0.25, 0.3) is 10.6 Å². The number of carbonyl (C=O) groups is 2.